The van der Waals surface area contributed by atoms with Crippen molar-refractivity contribution in [1.29, 1.82) is 0 Å². The standard InChI is InChI=1S/C12H24O/c1-2-3-4-5-6-7-8-11-9-12(11)10-13/h11-13H,2-10H2,1H3/t11-,12?/m1/s1. The Bertz CT molecular complexity index is 122. The van der Waals surface area contributed by atoms with E-state index < -0.39 is 0 Å². The molecule has 0 heterocycles. The molecule has 78 valence electrons. The summed E-state index contributed by atoms with van der Waals surface area (Å²) in [6.07, 6.45) is 11.1. The van der Waals surface area contributed by atoms with E-state index in [4.69, 9.17) is 5.11 Å². The highest BCUT2D eigenvalue weighted by Gasteiger charge is 2.34. The van der Waals surface area contributed by atoms with Gasteiger partial charge in [0.05, 0.1) is 0 Å². The van der Waals surface area contributed by atoms with Gasteiger partial charge in [-0.3, -0.25) is 0 Å². The molecule has 1 nitrogen and oxygen atoms in total. The number of hydrogen-bond acceptors (Lipinski definition) is 1. The lowest BCUT2D eigenvalue weighted by Gasteiger charge is -1.99. The van der Waals surface area contributed by atoms with Gasteiger partial charge < -0.3 is 5.11 Å². The van der Waals surface area contributed by atoms with Gasteiger partial charge in [0.1, 0.15) is 0 Å². The summed E-state index contributed by atoms with van der Waals surface area (Å²) < 4.78 is 0. The predicted molar refractivity (Wildman–Crippen MR) is 56.7 cm³/mol. The summed E-state index contributed by atoms with van der Waals surface area (Å²) in [6.45, 7) is 2.69. The van der Waals surface area contributed by atoms with E-state index in [-0.39, 0.29) is 0 Å². The molecular formula is C12H24O. The van der Waals surface area contributed by atoms with Crippen molar-refractivity contribution in [2.24, 2.45) is 11.8 Å². The van der Waals surface area contributed by atoms with Crippen LogP contribution in [0.15, 0.2) is 0 Å². The highest BCUT2D eigenvalue weighted by Crippen LogP contribution is 2.41. The Kier molecular flexibility index (Phi) is 5.45. The van der Waals surface area contributed by atoms with Crippen LogP contribution in [0.4, 0.5) is 0 Å². The van der Waals surface area contributed by atoms with Crippen molar-refractivity contribution in [3.63, 3.8) is 0 Å². The largest absolute Gasteiger partial charge is 0.396 e. The molecule has 0 spiro atoms. The van der Waals surface area contributed by atoms with Gasteiger partial charge in [-0.25, -0.2) is 0 Å². The molecule has 1 fully saturated rings. The molecular weight excluding hydrogens is 160 g/mol. The van der Waals surface area contributed by atoms with Crippen LogP contribution in [-0.2, 0) is 0 Å². The Morgan fingerprint density at radius 1 is 1.00 bits per heavy atom. The van der Waals surface area contributed by atoms with Crippen molar-refractivity contribution in [3.8, 4) is 0 Å². The number of unbranched alkanes of at least 4 members (excludes halogenated alkanes) is 5. The van der Waals surface area contributed by atoms with Gasteiger partial charge in [0, 0.05) is 6.61 Å². The molecule has 1 saturated carbocycles. The summed E-state index contributed by atoms with van der Waals surface area (Å²) in [5.41, 5.74) is 0. The van der Waals surface area contributed by atoms with Crippen LogP contribution in [0.2, 0.25) is 0 Å². The molecule has 1 aliphatic carbocycles. The number of hydrogen-bond donors (Lipinski definition) is 1. The summed E-state index contributed by atoms with van der Waals surface area (Å²) >= 11 is 0. The molecule has 0 amide bonds. The third kappa shape index (κ3) is 4.66. The van der Waals surface area contributed by atoms with Crippen molar-refractivity contribution in [3.05, 3.63) is 0 Å². The summed E-state index contributed by atoms with van der Waals surface area (Å²) in [5.74, 6) is 1.56. The third-order valence-corrected chi connectivity index (χ3v) is 3.23. The summed E-state index contributed by atoms with van der Waals surface area (Å²) in [4.78, 5) is 0. The fourth-order valence-electron chi connectivity index (χ4n) is 2.07. The Morgan fingerprint density at radius 3 is 2.31 bits per heavy atom. The molecule has 0 bridgehead atoms. The molecule has 1 aliphatic rings. The Labute approximate surface area is 82.5 Å². The molecule has 0 aromatic rings. The SMILES string of the molecule is CCCCCCCC[C@@H]1CC1CO. The minimum Gasteiger partial charge on any atom is -0.396 e. The molecule has 1 heteroatoms. The minimum absolute atomic E-state index is 0.431. The van der Waals surface area contributed by atoms with E-state index >= 15 is 0 Å². The number of rotatable bonds is 8. The van der Waals surface area contributed by atoms with Crippen LogP contribution in [0.25, 0.3) is 0 Å². The highest BCUT2D eigenvalue weighted by atomic mass is 16.3. The maximum absolute atomic E-state index is 8.85. The van der Waals surface area contributed by atoms with Crippen molar-refractivity contribution in [2.75, 3.05) is 6.61 Å². The normalized spacial score (nSPS) is 26.3. The number of aliphatic hydroxyl groups excluding tert-OH is 1. The first-order valence-electron chi connectivity index (χ1n) is 5.99. The van der Waals surface area contributed by atoms with Crippen LogP contribution in [0.3, 0.4) is 0 Å². The fraction of sp³-hybridized carbons (Fsp3) is 1.00. The van der Waals surface area contributed by atoms with E-state index in [2.05, 4.69) is 6.92 Å². The lowest BCUT2D eigenvalue weighted by molar-refractivity contribution is 0.267. The van der Waals surface area contributed by atoms with Crippen molar-refractivity contribution in [1.82, 2.24) is 0 Å². The van der Waals surface area contributed by atoms with Crippen molar-refractivity contribution >= 4 is 0 Å². The fourth-order valence-corrected chi connectivity index (χ4v) is 2.07. The highest BCUT2D eigenvalue weighted by molar-refractivity contribution is 4.84. The van der Waals surface area contributed by atoms with Crippen LogP contribution in [0.1, 0.15) is 58.3 Å². The maximum Gasteiger partial charge on any atom is 0.0462 e. The van der Waals surface area contributed by atoms with Gasteiger partial charge in [0.2, 0.25) is 0 Å². The zero-order valence-corrected chi connectivity index (χ0v) is 8.97. The molecule has 1 N–H and O–H groups in total. The molecule has 0 saturated heterocycles. The second-order valence-electron chi connectivity index (χ2n) is 4.49. The van der Waals surface area contributed by atoms with Gasteiger partial charge in [-0.15, -0.1) is 0 Å². The van der Waals surface area contributed by atoms with E-state index in [0.29, 0.717) is 12.5 Å². The zero-order chi connectivity index (χ0) is 9.52. The van der Waals surface area contributed by atoms with Crippen LogP contribution >= 0.6 is 0 Å². The average molecular weight is 184 g/mol. The van der Waals surface area contributed by atoms with Gasteiger partial charge in [-0.05, 0) is 18.3 Å². The average Bonchev–Trinajstić information content (AvgIpc) is 2.90. The summed E-state index contributed by atoms with van der Waals surface area (Å²) in [6, 6.07) is 0. The monoisotopic (exact) mass is 184 g/mol. The predicted octanol–water partition coefficient (Wildman–Crippen LogP) is 3.37. The first-order valence-corrected chi connectivity index (χ1v) is 5.99. The summed E-state index contributed by atoms with van der Waals surface area (Å²) in [5, 5.41) is 8.85. The van der Waals surface area contributed by atoms with E-state index in [1.54, 1.807) is 0 Å². The minimum atomic E-state index is 0.431. The molecule has 1 rings (SSSR count). The molecule has 0 radical (unpaired) electrons. The molecule has 0 aromatic heterocycles. The Hall–Kier alpha value is -0.0400. The van der Waals surface area contributed by atoms with Crippen LogP contribution in [0, 0.1) is 11.8 Å². The van der Waals surface area contributed by atoms with Gasteiger partial charge in [0.15, 0.2) is 0 Å². The summed E-state index contributed by atoms with van der Waals surface area (Å²) in [7, 11) is 0. The topological polar surface area (TPSA) is 20.2 Å². The maximum atomic E-state index is 8.85. The second-order valence-corrected chi connectivity index (χ2v) is 4.49. The van der Waals surface area contributed by atoms with Gasteiger partial charge >= 0.3 is 0 Å². The molecule has 13 heavy (non-hydrogen) atoms. The van der Waals surface area contributed by atoms with Crippen LogP contribution < -0.4 is 0 Å². The third-order valence-electron chi connectivity index (χ3n) is 3.23. The molecule has 1 unspecified atom stereocenters. The molecule has 0 aliphatic heterocycles. The molecule has 2 atom stereocenters. The second kappa shape index (κ2) is 6.42. The zero-order valence-electron chi connectivity index (χ0n) is 8.97. The van der Waals surface area contributed by atoms with Crippen molar-refractivity contribution in [2.45, 2.75) is 58.3 Å². The van der Waals surface area contributed by atoms with Crippen molar-refractivity contribution < 1.29 is 5.11 Å². The van der Waals surface area contributed by atoms with Crippen LogP contribution in [-0.4, -0.2) is 11.7 Å². The van der Waals surface area contributed by atoms with E-state index in [1.165, 1.54) is 51.4 Å². The lowest BCUT2D eigenvalue weighted by Crippen LogP contribution is -1.89. The first-order chi connectivity index (χ1) is 6.38. The van der Waals surface area contributed by atoms with E-state index in [9.17, 15) is 0 Å². The Balaban J connectivity index is 1.75. The number of aliphatic hydroxyl groups is 1. The van der Waals surface area contributed by atoms with Gasteiger partial charge in [-0.1, -0.05) is 51.9 Å². The van der Waals surface area contributed by atoms with Gasteiger partial charge in [-0.2, -0.15) is 0 Å². The quantitative estimate of drug-likeness (QED) is 0.573. The van der Waals surface area contributed by atoms with Crippen LogP contribution in [0.5, 0.6) is 0 Å². The van der Waals surface area contributed by atoms with Gasteiger partial charge in [0.25, 0.3) is 0 Å². The smallest absolute Gasteiger partial charge is 0.0462 e. The lowest BCUT2D eigenvalue weighted by atomic mass is 10.1. The van der Waals surface area contributed by atoms with E-state index in [1.807, 2.05) is 0 Å². The first kappa shape index (κ1) is 11.0. The van der Waals surface area contributed by atoms with E-state index in [0.717, 1.165) is 5.92 Å². The molecule has 0 aromatic carbocycles. The Morgan fingerprint density at radius 2 is 1.69 bits per heavy atom.